The number of hydrogen-bond donors (Lipinski definition) is 2. The van der Waals surface area contributed by atoms with Gasteiger partial charge >= 0.3 is 0 Å². The minimum atomic E-state index is -0.455. The lowest BCUT2D eigenvalue weighted by Crippen LogP contribution is -2.42. The lowest BCUT2D eigenvalue weighted by Gasteiger charge is -2.30. The molecule has 1 aliphatic heterocycles. The van der Waals surface area contributed by atoms with Crippen LogP contribution in [-0.2, 0) is 6.54 Å². The van der Waals surface area contributed by atoms with E-state index in [1.807, 2.05) is 6.07 Å². The zero-order chi connectivity index (χ0) is 13.1. The van der Waals surface area contributed by atoms with Crippen LogP contribution in [0.4, 0.5) is 0 Å². The summed E-state index contributed by atoms with van der Waals surface area (Å²) in [5.74, 6) is -0.455. The molecule has 0 spiro atoms. The predicted octanol–water partition coefficient (Wildman–Crippen LogP) is 1.36. The summed E-state index contributed by atoms with van der Waals surface area (Å²) in [4.78, 5) is 13.3. The molecule has 4 N–H and O–H groups in total. The maximum Gasteiger partial charge on any atom is 0.248 e. The first-order chi connectivity index (χ1) is 8.56. The topological polar surface area (TPSA) is 72.4 Å². The van der Waals surface area contributed by atoms with E-state index in [0.717, 1.165) is 38.0 Å². The van der Waals surface area contributed by atoms with E-state index < -0.39 is 5.91 Å². The van der Waals surface area contributed by atoms with E-state index >= 15 is 0 Å². The number of primary amides is 1. The van der Waals surface area contributed by atoms with Crippen molar-refractivity contribution in [1.29, 1.82) is 0 Å². The van der Waals surface area contributed by atoms with Gasteiger partial charge in [-0.05, 0) is 37.1 Å². The van der Waals surface area contributed by atoms with Gasteiger partial charge in [-0.25, -0.2) is 0 Å². The highest BCUT2D eigenvalue weighted by atomic mass is 35.5. The average molecular weight is 268 g/mol. The largest absolute Gasteiger partial charge is 0.366 e. The van der Waals surface area contributed by atoms with Crippen LogP contribution in [0.25, 0.3) is 0 Å². The molecule has 0 saturated carbocycles. The Morgan fingerprint density at radius 2 is 2.28 bits per heavy atom. The Kier molecular flexibility index (Phi) is 4.22. The van der Waals surface area contributed by atoms with E-state index in [1.54, 1.807) is 12.1 Å². The van der Waals surface area contributed by atoms with Gasteiger partial charge in [-0.1, -0.05) is 17.7 Å². The van der Waals surface area contributed by atoms with E-state index in [2.05, 4.69) is 4.90 Å². The molecule has 4 nitrogen and oxygen atoms in total. The molecule has 1 aliphatic rings. The highest BCUT2D eigenvalue weighted by Crippen LogP contribution is 2.21. The van der Waals surface area contributed by atoms with Crippen molar-refractivity contribution in [3.8, 4) is 0 Å². The fourth-order valence-electron chi connectivity index (χ4n) is 2.30. The number of hydrogen-bond acceptors (Lipinski definition) is 3. The van der Waals surface area contributed by atoms with Gasteiger partial charge in [0.25, 0.3) is 0 Å². The number of benzene rings is 1. The monoisotopic (exact) mass is 267 g/mol. The van der Waals surface area contributed by atoms with Crippen LogP contribution < -0.4 is 11.5 Å². The third kappa shape index (κ3) is 3.22. The number of carbonyl (C=O) groups excluding carboxylic acids is 1. The Morgan fingerprint density at radius 1 is 1.50 bits per heavy atom. The molecule has 1 aromatic carbocycles. The molecule has 1 aromatic rings. The van der Waals surface area contributed by atoms with Gasteiger partial charge < -0.3 is 11.5 Å². The van der Waals surface area contributed by atoms with Gasteiger partial charge in [-0.2, -0.15) is 0 Å². The van der Waals surface area contributed by atoms with Crippen molar-refractivity contribution in [2.24, 2.45) is 11.5 Å². The van der Waals surface area contributed by atoms with E-state index in [1.165, 1.54) is 0 Å². The number of amides is 1. The lowest BCUT2D eigenvalue weighted by molar-refractivity contribution is 0.100. The molecule has 0 aliphatic carbocycles. The average Bonchev–Trinajstić information content (AvgIpc) is 2.31. The molecule has 98 valence electrons. The van der Waals surface area contributed by atoms with Crippen LogP contribution in [0.1, 0.15) is 28.8 Å². The predicted molar refractivity (Wildman–Crippen MR) is 72.5 cm³/mol. The van der Waals surface area contributed by atoms with Crippen molar-refractivity contribution >= 4 is 17.5 Å². The summed E-state index contributed by atoms with van der Waals surface area (Å²) in [5.41, 5.74) is 12.6. The van der Waals surface area contributed by atoms with Crippen LogP contribution in [0.2, 0.25) is 5.02 Å². The highest BCUT2D eigenvalue weighted by molar-refractivity contribution is 6.31. The number of rotatable bonds is 3. The lowest BCUT2D eigenvalue weighted by atomic mass is 10.1. The van der Waals surface area contributed by atoms with Crippen LogP contribution in [0.5, 0.6) is 0 Å². The molecular weight excluding hydrogens is 250 g/mol. The van der Waals surface area contributed by atoms with Crippen molar-refractivity contribution in [3.63, 3.8) is 0 Å². The number of halogens is 1. The molecule has 2 rings (SSSR count). The molecule has 1 heterocycles. The minimum Gasteiger partial charge on any atom is -0.366 e. The molecule has 18 heavy (non-hydrogen) atoms. The Hall–Kier alpha value is -1.10. The van der Waals surface area contributed by atoms with Gasteiger partial charge in [0.15, 0.2) is 0 Å². The van der Waals surface area contributed by atoms with Gasteiger partial charge in [0, 0.05) is 29.7 Å². The third-order valence-corrected chi connectivity index (χ3v) is 3.63. The van der Waals surface area contributed by atoms with Crippen LogP contribution in [0.15, 0.2) is 18.2 Å². The van der Waals surface area contributed by atoms with Crippen molar-refractivity contribution in [3.05, 3.63) is 34.3 Å². The molecule has 5 heteroatoms. The number of likely N-dealkylation sites (tertiary alicyclic amines) is 1. The smallest absolute Gasteiger partial charge is 0.248 e. The first-order valence-electron chi connectivity index (χ1n) is 6.12. The zero-order valence-electron chi connectivity index (χ0n) is 10.2. The Morgan fingerprint density at radius 3 is 2.89 bits per heavy atom. The van der Waals surface area contributed by atoms with Crippen molar-refractivity contribution in [1.82, 2.24) is 4.90 Å². The SMILES string of the molecule is NC(=O)c1ccc(CN2CCCC(N)C2)c(Cl)c1. The minimum absolute atomic E-state index is 0.252. The number of carbonyl (C=O) groups is 1. The Balaban J connectivity index is 2.07. The van der Waals surface area contributed by atoms with Crippen LogP contribution in [0.3, 0.4) is 0 Å². The maximum absolute atomic E-state index is 11.0. The quantitative estimate of drug-likeness (QED) is 0.869. The Bertz CT molecular complexity index is 450. The fraction of sp³-hybridized carbons (Fsp3) is 0.462. The van der Waals surface area contributed by atoms with Gasteiger partial charge in [0.2, 0.25) is 5.91 Å². The van der Waals surface area contributed by atoms with Crippen molar-refractivity contribution in [2.75, 3.05) is 13.1 Å². The summed E-state index contributed by atoms with van der Waals surface area (Å²) in [5, 5.41) is 0.588. The van der Waals surface area contributed by atoms with E-state index in [0.29, 0.717) is 10.6 Å². The molecule has 0 radical (unpaired) electrons. The summed E-state index contributed by atoms with van der Waals surface area (Å²) in [6.45, 7) is 2.71. The molecule has 0 aromatic heterocycles. The van der Waals surface area contributed by atoms with E-state index in [4.69, 9.17) is 23.1 Å². The molecule has 1 saturated heterocycles. The maximum atomic E-state index is 11.0. The molecule has 1 unspecified atom stereocenters. The summed E-state index contributed by atoms with van der Waals surface area (Å²) < 4.78 is 0. The van der Waals surface area contributed by atoms with Gasteiger partial charge in [0.05, 0.1) is 0 Å². The number of piperidine rings is 1. The molecular formula is C13H18ClN3O. The van der Waals surface area contributed by atoms with Crippen molar-refractivity contribution < 1.29 is 4.79 Å². The number of nitrogens with zero attached hydrogens (tertiary/aromatic N) is 1. The molecule has 1 fully saturated rings. The summed E-state index contributed by atoms with van der Waals surface area (Å²) >= 11 is 6.16. The first-order valence-corrected chi connectivity index (χ1v) is 6.50. The second kappa shape index (κ2) is 5.69. The second-order valence-electron chi connectivity index (χ2n) is 4.81. The van der Waals surface area contributed by atoms with Gasteiger partial charge in [0.1, 0.15) is 0 Å². The normalized spacial score (nSPS) is 20.9. The van der Waals surface area contributed by atoms with Gasteiger partial charge in [-0.15, -0.1) is 0 Å². The van der Waals surface area contributed by atoms with Crippen molar-refractivity contribution in [2.45, 2.75) is 25.4 Å². The summed E-state index contributed by atoms with van der Waals surface area (Å²) in [7, 11) is 0. The van der Waals surface area contributed by atoms with E-state index in [-0.39, 0.29) is 6.04 Å². The van der Waals surface area contributed by atoms with Crippen LogP contribution in [0, 0.1) is 0 Å². The Labute approximate surface area is 112 Å². The second-order valence-corrected chi connectivity index (χ2v) is 5.22. The summed E-state index contributed by atoms with van der Waals surface area (Å²) in [6, 6.07) is 5.46. The number of nitrogens with two attached hydrogens (primary N) is 2. The highest BCUT2D eigenvalue weighted by Gasteiger charge is 2.17. The molecule has 1 atom stereocenters. The van der Waals surface area contributed by atoms with E-state index in [9.17, 15) is 4.79 Å². The third-order valence-electron chi connectivity index (χ3n) is 3.27. The van der Waals surface area contributed by atoms with Gasteiger partial charge in [-0.3, -0.25) is 9.69 Å². The molecule has 0 bridgehead atoms. The van der Waals surface area contributed by atoms with Crippen LogP contribution >= 0.6 is 11.6 Å². The summed E-state index contributed by atoms with van der Waals surface area (Å²) in [6.07, 6.45) is 2.21. The standard InChI is InChI=1S/C13H18ClN3O/c14-12-6-9(13(16)18)3-4-10(12)7-17-5-1-2-11(15)8-17/h3-4,6,11H,1-2,5,7-8,15H2,(H2,16,18). The molecule has 1 amide bonds. The zero-order valence-corrected chi connectivity index (χ0v) is 11.0. The van der Waals surface area contributed by atoms with Crippen LogP contribution in [-0.4, -0.2) is 29.9 Å². The fourth-order valence-corrected chi connectivity index (χ4v) is 2.54. The first kappa shape index (κ1) is 13.3.